The Balaban J connectivity index is 2.96. The Bertz CT molecular complexity index is 273. The molecule has 2 nitrogen and oxygen atoms in total. The van der Waals surface area contributed by atoms with Crippen LogP contribution in [0.3, 0.4) is 0 Å². The number of phenols is 1. The average molecular weight is 228 g/mol. The molecule has 12 heavy (non-hydrogen) atoms. The number of aryl methyl sites for hydroxylation is 1. The van der Waals surface area contributed by atoms with Crippen molar-refractivity contribution in [2.75, 3.05) is 0 Å². The van der Waals surface area contributed by atoms with Crippen molar-refractivity contribution >= 4 is 19.3 Å². The molecule has 0 fully saturated rings. The summed E-state index contributed by atoms with van der Waals surface area (Å²) >= 11 is -1.81. The minimum absolute atomic E-state index is 0.286. The van der Waals surface area contributed by atoms with Gasteiger partial charge in [-0.2, -0.15) is 0 Å². The first kappa shape index (κ1) is 9.63. The van der Waals surface area contributed by atoms with Crippen LogP contribution in [0.15, 0.2) is 18.2 Å². The van der Waals surface area contributed by atoms with E-state index in [0.717, 1.165) is 15.1 Å². The normalized spacial score (nSPS) is 12.9. The second kappa shape index (κ2) is 3.97. The van der Waals surface area contributed by atoms with Gasteiger partial charge >= 0.3 is 77.1 Å². The van der Waals surface area contributed by atoms with Gasteiger partial charge in [0.2, 0.25) is 0 Å². The molecular formula is C9H13AsO2. The Labute approximate surface area is 77.5 Å². The van der Waals surface area contributed by atoms with Crippen LogP contribution in [0.4, 0.5) is 0 Å². The molecule has 0 aliphatic carbocycles. The van der Waals surface area contributed by atoms with Crippen molar-refractivity contribution in [2.24, 2.45) is 0 Å². The van der Waals surface area contributed by atoms with E-state index in [1.165, 1.54) is 0 Å². The van der Waals surface area contributed by atoms with Crippen LogP contribution in [0.2, 0.25) is 5.21 Å². The molecule has 1 atom stereocenters. The van der Waals surface area contributed by atoms with E-state index in [1.54, 1.807) is 6.07 Å². The molecule has 1 rings (SSSR count). The molecule has 66 valence electrons. The van der Waals surface area contributed by atoms with Crippen molar-refractivity contribution in [2.45, 2.75) is 19.1 Å². The van der Waals surface area contributed by atoms with Gasteiger partial charge in [0, 0.05) is 0 Å². The third kappa shape index (κ3) is 2.02. The summed E-state index contributed by atoms with van der Waals surface area (Å²) in [4.78, 5) is 0. The molecule has 0 aliphatic heterocycles. The Morgan fingerprint density at radius 2 is 2.08 bits per heavy atom. The molecule has 0 amide bonds. The van der Waals surface area contributed by atoms with Gasteiger partial charge in [-0.05, 0) is 0 Å². The van der Waals surface area contributed by atoms with Gasteiger partial charge in [0.15, 0.2) is 0 Å². The zero-order valence-corrected chi connectivity index (χ0v) is 9.16. The standard InChI is InChI=1S/C9H13AsO2/c1-3-10(12)8-5-4-7(2)9(11)6-8/h4-6,11-12H,3H2,1-2H3. The fourth-order valence-corrected chi connectivity index (χ4v) is 2.79. The van der Waals surface area contributed by atoms with Crippen LogP contribution in [-0.4, -0.2) is 24.2 Å². The summed E-state index contributed by atoms with van der Waals surface area (Å²) in [6.45, 7) is 3.82. The summed E-state index contributed by atoms with van der Waals surface area (Å²) in [5, 5.41) is 10.2. The van der Waals surface area contributed by atoms with Gasteiger partial charge in [0.05, 0.1) is 0 Å². The van der Waals surface area contributed by atoms with Crippen molar-refractivity contribution < 1.29 is 9.20 Å². The first-order chi connectivity index (χ1) is 5.65. The third-order valence-corrected chi connectivity index (χ3v) is 4.88. The van der Waals surface area contributed by atoms with Crippen LogP contribution in [0.5, 0.6) is 5.75 Å². The minimum atomic E-state index is -1.81. The van der Waals surface area contributed by atoms with Crippen LogP contribution in [0, 0.1) is 6.92 Å². The predicted octanol–water partition coefficient (Wildman–Crippen LogP) is 0.911. The van der Waals surface area contributed by atoms with E-state index in [4.69, 9.17) is 0 Å². The molecular weight excluding hydrogens is 215 g/mol. The molecule has 0 saturated heterocycles. The number of hydrogen-bond donors (Lipinski definition) is 2. The van der Waals surface area contributed by atoms with Gasteiger partial charge in [-0.25, -0.2) is 0 Å². The fourth-order valence-electron chi connectivity index (χ4n) is 0.941. The van der Waals surface area contributed by atoms with Crippen molar-refractivity contribution in [3.8, 4) is 5.75 Å². The predicted molar refractivity (Wildman–Crippen MR) is 50.9 cm³/mol. The van der Waals surface area contributed by atoms with Crippen LogP contribution < -0.4 is 4.35 Å². The topological polar surface area (TPSA) is 40.5 Å². The second-order valence-electron chi connectivity index (χ2n) is 2.69. The molecule has 0 heterocycles. The third-order valence-electron chi connectivity index (χ3n) is 1.79. The van der Waals surface area contributed by atoms with Crippen molar-refractivity contribution in [1.82, 2.24) is 0 Å². The maximum atomic E-state index is 9.58. The molecule has 3 heteroatoms. The Kier molecular flexibility index (Phi) is 3.19. The van der Waals surface area contributed by atoms with Crippen LogP contribution in [0.1, 0.15) is 12.5 Å². The van der Waals surface area contributed by atoms with E-state index >= 15 is 0 Å². The summed E-state index contributed by atoms with van der Waals surface area (Å²) in [5.41, 5.74) is 0.859. The summed E-state index contributed by atoms with van der Waals surface area (Å²) in [5.74, 6) is 0.286. The van der Waals surface area contributed by atoms with Crippen molar-refractivity contribution in [3.63, 3.8) is 0 Å². The Morgan fingerprint density at radius 3 is 2.58 bits per heavy atom. The number of hydrogen-bond acceptors (Lipinski definition) is 2. The molecule has 0 spiro atoms. The van der Waals surface area contributed by atoms with Gasteiger partial charge < -0.3 is 0 Å². The summed E-state index contributed by atoms with van der Waals surface area (Å²) in [7, 11) is 0. The summed E-state index contributed by atoms with van der Waals surface area (Å²) in [6.07, 6.45) is 0. The van der Waals surface area contributed by atoms with Gasteiger partial charge in [0.25, 0.3) is 0 Å². The van der Waals surface area contributed by atoms with Gasteiger partial charge in [0.1, 0.15) is 0 Å². The zero-order chi connectivity index (χ0) is 9.14. The van der Waals surface area contributed by atoms with Gasteiger partial charge in [-0.3, -0.25) is 0 Å². The number of benzene rings is 1. The Hall–Kier alpha value is -0.462. The van der Waals surface area contributed by atoms with Gasteiger partial charge in [-0.1, -0.05) is 0 Å². The van der Waals surface area contributed by atoms with E-state index in [9.17, 15) is 9.20 Å². The molecule has 1 aromatic rings. The molecule has 2 N–H and O–H groups in total. The van der Waals surface area contributed by atoms with Crippen LogP contribution in [0.25, 0.3) is 0 Å². The second-order valence-corrected chi connectivity index (χ2v) is 6.77. The molecule has 0 saturated carbocycles. The summed E-state index contributed by atoms with van der Waals surface area (Å²) < 4.78 is 10.5. The van der Waals surface area contributed by atoms with E-state index in [-0.39, 0.29) is 5.75 Å². The van der Waals surface area contributed by atoms with E-state index < -0.39 is 15.0 Å². The zero-order valence-electron chi connectivity index (χ0n) is 7.28. The van der Waals surface area contributed by atoms with Crippen LogP contribution >= 0.6 is 0 Å². The quantitative estimate of drug-likeness (QED) is 0.738. The van der Waals surface area contributed by atoms with E-state index in [1.807, 2.05) is 26.0 Å². The first-order valence-electron chi connectivity index (χ1n) is 3.91. The van der Waals surface area contributed by atoms with Crippen molar-refractivity contribution in [1.29, 1.82) is 0 Å². The number of phenolic OH excluding ortho intramolecular Hbond substituents is 1. The first-order valence-corrected chi connectivity index (χ1v) is 7.01. The monoisotopic (exact) mass is 228 g/mol. The number of aromatic hydroxyl groups is 1. The molecule has 1 unspecified atom stereocenters. The maximum absolute atomic E-state index is 9.58. The van der Waals surface area contributed by atoms with Gasteiger partial charge in [-0.15, -0.1) is 0 Å². The fraction of sp³-hybridized carbons (Fsp3) is 0.333. The molecule has 0 aliphatic rings. The molecule has 0 bridgehead atoms. The SMILES string of the molecule is CC[As](O)c1ccc(C)c(O)c1. The van der Waals surface area contributed by atoms with E-state index in [0.29, 0.717) is 0 Å². The molecule has 0 aromatic heterocycles. The van der Waals surface area contributed by atoms with E-state index in [2.05, 4.69) is 0 Å². The molecule has 1 aromatic carbocycles. The summed E-state index contributed by atoms with van der Waals surface area (Å²) in [6, 6.07) is 5.43. The number of rotatable bonds is 2. The average Bonchev–Trinajstić information content (AvgIpc) is 2.08. The van der Waals surface area contributed by atoms with Crippen LogP contribution in [-0.2, 0) is 0 Å². The van der Waals surface area contributed by atoms with Crippen molar-refractivity contribution in [3.05, 3.63) is 23.8 Å². The Morgan fingerprint density at radius 1 is 1.42 bits per heavy atom. The molecule has 0 radical (unpaired) electrons.